The third-order valence-electron chi connectivity index (χ3n) is 4.81. The molecule has 1 fully saturated rings. The molecule has 1 saturated heterocycles. The molecule has 0 saturated carbocycles. The van der Waals surface area contributed by atoms with Gasteiger partial charge in [0.15, 0.2) is 0 Å². The average molecular weight is 369 g/mol. The third kappa shape index (κ3) is 3.64. The highest BCUT2D eigenvalue weighted by molar-refractivity contribution is 7.18. The van der Waals surface area contributed by atoms with E-state index in [0.717, 1.165) is 54.6 Å². The molecule has 2 aromatic heterocycles. The van der Waals surface area contributed by atoms with Crippen molar-refractivity contribution in [1.82, 2.24) is 24.6 Å². The van der Waals surface area contributed by atoms with E-state index in [-0.39, 0.29) is 5.91 Å². The van der Waals surface area contributed by atoms with Gasteiger partial charge in [-0.25, -0.2) is 4.98 Å². The Labute approximate surface area is 157 Å². The van der Waals surface area contributed by atoms with Gasteiger partial charge in [-0.1, -0.05) is 12.1 Å². The lowest BCUT2D eigenvalue weighted by Gasteiger charge is -2.34. The molecule has 0 spiro atoms. The maximum Gasteiger partial charge on any atom is 0.244 e. The third-order valence-corrected chi connectivity index (χ3v) is 5.83. The van der Waals surface area contributed by atoms with E-state index >= 15 is 0 Å². The molecular formula is C19H23N5OS. The maximum atomic E-state index is 12.5. The molecule has 26 heavy (non-hydrogen) atoms. The predicted molar refractivity (Wildman–Crippen MR) is 103 cm³/mol. The van der Waals surface area contributed by atoms with Gasteiger partial charge in [0.25, 0.3) is 0 Å². The Hall–Kier alpha value is -2.25. The number of amides is 1. The van der Waals surface area contributed by atoms with Crippen LogP contribution in [0.2, 0.25) is 0 Å². The summed E-state index contributed by atoms with van der Waals surface area (Å²) in [5, 5.41) is 5.54. The molecule has 0 N–H and O–H groups in total. The minimum Gasteiger partial charge on any atom is -0.339 e. The van der Waals surface area contributed by atoms with Crippen molar-refractivity contribution in [3.63, 3.8) is 0 Å². The summed E-state index contributed by atoms with van der Waals surface area (Å²) in [5.41, 5.74) is 3.06. The Morgan fingerprint density at radius 2 is 1.92 bits per heavy atom. The summed E-state index contributed by atoms with van der Waals surface area (Å²) in [6.07, 6.45) is 0. The summed E-state index contributed by atoms with van der Waals surface area (Å²) < 4.78 is 3.03. The molecule has 1 aliphatic heterocycles. The standard InChI is InChI=1S/C19H23N5OS/c1-14-11-15(2)24(21-14)13-19(25)23-9-7-22(8-10-23)12-18-20-16-5-3-4-6-17(16)26-18/h3-6,11H,7-10,12-13H2,1-2H3. The van der Waals surface area contributed by atoms with Crippen LogP contribution in [0.3, 0.4) is 0 Å². The first-order chi connectivity index (χ1) is 12.6. The van der Waals surface area contributed by atoms with Crippen molar-refractivity contribution >= 4 is 27.5 Å². The first-order valence-electron chi connectivity index (χ1n) is 8.94. The number of rotatable bonds is 4. The van der Waals surface area contributed by atoms with E-state index in [2.05, 4.69) is 28.2 Å². The zero-order chi connectivity index (χ0) is 18.1. The van der Waals surface area contributed by atoms with Crippen LogP contribution in [0.15, 0.2) is 30.3 Å². The monoisotopic (exact) mass is 369 g/mol. The van der Waals surface area contributed by atoms with Crippen molar-refractivity contribution in [2.45, 2.75) is 26.9 Å². The lowest BCUT2D eigenvalue weighted by atomic mass is 10.3. The number of carbonyl (C=O) groups is 1. The van der Waals surface area contributed by atoms with E-state index in [0.29, 0.717) is 6.54 Å². The predicted octanol–water partition coefficient (Wildman–Crippen LogP) is 2.45. The number of nitrogens with zero attached hydrogens (tertiary/aromatic N) is 5. The fourth-order valence-electron chi connectivity index (χ4n) is 3.40. The first-order valence-corrected chi connectivity index (χ1v) is 9.76. The van der Waals surface area contributed by atoms with E-state index in [9.17, 15) is 4.79 Å². The molecule has 0 unspecified atom stereocenters. The number of aromatic nitrogens is 3. The molecule has 4 rings (SSSR count). The molecule has 1 aliphatic rings. The molecule has 3 heterocycles. The quantitative estimate of drug-likeness (QED) is 0.709. The van der Waals surface area contributed by atoms with E-state index in [1.165, 1.54) is 4.70 Å². The molecule has 1 aromatic carbocycles. The number of para-hydroxylation sites is 1. The molecule has 136 valence electrons. The SMILES string of the molecule is Cc1cc(C)n(CC(=O)N2CCN(Cc3nc4ccccc4s3)CC2)n1. The Kier molecular flexibility index (Phi) is 4.74. The van der Waals surface area contributed by atoms with Crippen LogP contribution in [0.25, 0.3) is 10.2 Å². The summed E-state index contributed by atoms with van der Waals surface area (Å²) in [6.45, 7) is 8.44. The second-order valence-corrected chi connectivity index (χ2v) is 7.93. The zero-order valence-electron chi connectivity index (χ0n) is 15.2. The number of aryl methyl sites for hydroxylation is 2. The highest BCUT2D eigenvalue weighted by Gasteiger charge is 2.22. The van der Waals surface area contributed by atoms with E-state index in [4.69, 9.17) is 4.98 Å². The molecule has 1 amide bonds. The first kappa shape index (κ1) is 17.2. The number of piperazine rings is 1. The summed E-state index contributed by atoms with van der Waals surface area (Å²) in [4.78, 5) is 21.6. The van der Waals surface area contributed by atoms with Gasteiger partial charge in [0.1, 0.15) is 11.6 Å². The minimum absolute atomic E-state index is 0.149. The Morgan fingerprint density at radius 1 is 1.15 bits per heavy atom. The highest BCUT2D eigenvalue weighted by atomic mass is 32.1. The van der Waals surface area contributed by atoms with Crippen LogP contribution in [0.1, 0.15) is 16.4 Å². The van der Waals surface area contributed by atoms with Crippen molar-refractivity contribution in [3.05, 3.63) is 46.7 Å². The number of fused-ring (bicyclic) bond motifs is 1. The van der Waals surface area contributed by atoms with Crippen molar-refractivity contribution in [2.24, 2.45) is 0 Å². The number of hydrogen-bond acceptors (Lipinski definition) is 5. The number of thiazole rings is 1. The summed E-state index contributed by atoms with van der Waals surface area (Å²) >= 11 is 1.76. The van der Waals surface area contributed by atoms with Crippen LogP contribution >= 0.6 is 11.3 Å². The van der Waals surface area contributed by atoms with Crippen LogP contribution < -0.4 is 0 Å². The highest BCUT2D eigenvalue weighted by Crippen LogP contribution is 2.23. The minimum atomic E-state index is 0.149. The van der Waals surface area contributed by atoms with Gasteiger partial charge < -0.3 is 4.90 Å². The van der Waals surface area contributed by atoms with Crippen LogP contribution in [-0.2, 0) is 17.9 Å². The molecular weight excluding hydrogens is 346 g/mol. The average Bonchev–Trinajstić information content (AvgIpc) is 3.17. The van der Waals surface area contributed by atoms with Crippen molar-refractivity contribution in [3.8, 4) is 0 Å². The fraction of sp³-hybridized carbons (Fsp3) is 0.421. The Bertz CT molecular complexity index is 890. The second kappa shape index (κ2) is 7.17. The molecule has 3 aromatic rings. The van der Waals surface area contributed by atoms with Crippen LogP contribution in [0.4, 0.5) is 0 Å². The van der Waals surface area contributed by atoms with Crippen LogP contribution in [0.5, 0.6) is 0 Å². The fourth-order valence-corrected chi connectivity index (χ4v) is 4.41. The van der Waals surface area contributed by atoms with Gasteiger partial charge in [-0.3, -0.25) is 14.4 Å². The van der Waals surface area contributed by atoms with Gasteiger partial charge in [-0.05, 0) is 32.0 Å². The van der Waals surface area contributed by atoms with Crippen LogP contribution in [0, 0.1) is 13.8 Å². The molecule has 0 aliphatic carbocycles. The van der Waals surface area contributed by atoms with Gasteiger partial charge in [-0.15, -0.1) is 11.3 Å². The van der Waals surface area contributed by atoms with E-state index in [1.807, 2.05) is 30.9 Å². The molecule has 0 atom stereocenters. The lowest BCUT2D eigenvalue weighted by Crippen LogP contribution is -2.49. The summed E-state index contributed by atoms with van der Waals surface area (Å²) in [7, 11) is 0. The van der Waals surface area contributed by atoms with Crippen molar-refractivity contribution < 1.29 is 4.79 Å². The smallest absolute Gasteiger partial charge is 0.244 e. The Balaban J connectivity index is 1.32. The normalized spacial score (nSPS) is 15.7. The van der Waals surface area contributed by atoms with Crippen molar-refractivity contribution in [2.75, 3.05) is 26.2 Å². The molecule has 6 nitrogen and oxygen atoms in total. The summed E-state index contributed by atoms with van der Waals surface area (Å²) in [6, 6.07) is 10.3. The van der Waals surface area contributed by atoms with Crippen molar-refractivity contribution in [1.29, 1.82) is 0 Å². The lowest BCUT2D eigenvalue weighted by molar-refractivity contribution is -0.133. The second-order valence-electron chi connectivity index (χ2n) is 6.82. The summed E-state index contributed by atoms with van der Waals surface area (Å²) in [5.74, 6) is 0.149. The number of benzene rings is 1. The number of carbonyl (C=O) groups excluding carboxylic acids is 1. The molecule has 0 bridgehead atoms. The van der Waals surface area contributed by atoms with E-state index < -0.39 is 0 Å². The maximum absolute atomic E-state index is 12.5. The van der Waals surface area contributed by atoms with Gasteiger partial charge in [0, 0.05) is 31.9 Å². The molecule has 0 radical (unpaired) electrons. The van der Waals surface area contributed by atoms with Gasteiger partial charge in [-0.2, -0.15) is 5.10 Å². The zero-order valence-corrected chi connectivity index (χ0v) is 16.0. The van der Waals surface area contributed by atoms with Crippen LogP contribution in [-0.4, -0.2) is 56.7 Å². The van der Waals surface area contributed by atoms with E-state index in [1.54, 1.807) is 16.0 Å². The topological polar surface area (TPSA) is 54.3 Å². The van der Waals surface area contributed by atoms with Gasteiger partial charge in [0.2, 0.25) is 5.91 Å². The Morgan fingerprint density at radius 3 is 2.62 bits per heavy atom. The number of hydrogen-bond donors (Lipinski definition) is 0. The van der Waals surface area contributed by atoms with Gasteiger partial charge in [0.05, 0.1) is 22.5 Å². The van der Waals surface area contributed by atoms with Gasteiger partial charge >= 0.3 is 0 Å². The largest absolute Gasteiger partial charge is 0.339 e. The molecule has 7 heteroatoms.